The number of aromatic nitrogens is 5. The molecule has 0 fully saturated rings. The molecule has 78 valence electrons. The van der Waals surface area contributed by atoms with Gasteiger partial charge in [-0.2, -0.15) is 10.2 Å². The highest BCUT2D eigenvalue weighted by Gasteiger charge is 2.16. The highest BCUT2D eigenvalue weighted by Crippen LogP contribution is 2.05. The van der Waals surface area contributed by atoms with Crippen molar-refractivity contribution in [1.82, 2.24) is 25.0 Å². The Morgan fingerprint density at radius 2 is 2.47 bits per heavy atom. The van der Waals surface area contributed by atoms with E-state index in [0.29, 0.717) is 5.69 Å². The van der Waals surface area contributed by atoms with E-state index >= 15 is 0 Å². The number of nitrogens with zero attached hydrogens (tertiary/aromatic N) is 4. The van der Waals surface area contributed by atoms with Gasteiger partial charge in [-0.3, -0.25) is 14.6 Å². The first-order chi connectivity index (χ1) is 7.33. The summed E-state index contributed by atoms with van der Waals surface area (Å²) in [5.74, 6) is 0.0614. The molecule has 0 unspecified atom stereocenters. The fourth-order valence-electron chi connectivity index (χ4n) is 1.35. The second kappa shape index (κ2) is 4.04. The summed E-state index contributed by atoms with van der Waals surface area (Å²) in [5.41, 5.74) is 0.536. The van der Waals surface area contributed by atoms with Crippen molar-refractivity contribution in [3.63, 3.8) is 0 Å². The van der Waals surface area contributed by atoms with Crippen molar-refractivity contribution >= 4 is 5.78 Å². The van der Waals surface area contributed by atoms with Crippen molar-refractivity contribution in [1.29, 1.82) is 0 Å². The quantitative estimate of drug-likeness (QED) is 0.743. The van der Waals surface area contributed by atoms with Gasteiger partial charge in [-0.05, 0) is 12.5 Å². The molecular weight excluding hydrogens is 194 g/mol. The van der Waals surface area contributed by atoms with Crippen LogP contribution in [0.4, 0.5) is 0 Å². The Morgan fingerprint density at radius 3 is 3.13 bits per heavy atom. The van der Waals surface area contributed by atoms with Crippen LogP contribution in [0.3, 0.4) is 0 Å². The molecule has 2 heterocycles. The van der Waals surface area contributed by atoms with Crippen LogP contribution in [0, 0.1) is 0 Å². The first-order valence-corrected chi connectivity index (χ1v) is 4.74. The van der Waals surface area contributed by atoms with E-state index in [1.165, 1.54) is 6.33 Å². The van der Waals surface area contributed by atoms with Crippen molar-refractivity contribution in [2.75, 3.05) is 0 Å². The molecule has 0 radical (unpaired) electrons. The molecule has 2 rings (SSSR count). The van der Waals surface area contributed by atoms with Crippen LogP contribution in [-0.2, 0) is 6.54 Å². The molecule has 0 aromatic carbocycles. The first-order valence-electron chi connectivity index (χ1n) is 4.74. The number of hydrogen-bond acceptors (Lipinski definition) is 4. The third kappa shape index (κ3) is 1.78. The lowest BCUT2D eigenvalue weighted by molar-refractivity contribution is 0.101. The Hall–Kier alpha value is -1.98. The molecule has 0 saturated carbocycles. The van der Waals surface area contributed by atoms with Crippen molar-refractivity contribution < 1.29 is 4.79 Å². The van der Waals surface area contributed by atoms with Crippen LogP contribution in [0.1, 0.15) is 29.7 Å². The number of aromatic amines is 1. The number of carbonyl (C=O) groups is 1. The molecule has 0 amide bonds. The summed E-state index contributed by atoms with van der Waals surface area (Å²) in [7, 11) is 0. The highest BCUT2D eigenvalue weighted by atomic mass is 16.1. The van der Waals surface area contributed by atoms with Crippen LogP contribution >= 0.6 is 0 Å². The number of nitrogens with one attached hydrogen (secondary N) is 1. The molecule has 0 aliphatic rings. The zero-order valence-corrected chi connectivity index (χ0v) is 8.34. The van der Waals surface area contributed by atoms with Gasteiger partial charge in [-0.25, -0.2) is 4.98 Å². The molecule has 1 N–H and O–H groups in total. The van der Waals surface area contributed by atoms with Crippen LogP contribution in [0.5, 0.6) is 0 Å². The molecule has 0 aliphatic carbocycles. The topological polar surface area (TPSA) is 76.5 Å². The van der Waals surface area contributed by atoms with Gasteiger partial charge in [0.2, 0.25) is 5.78 Å². The van der Waals surface area contributed by atoms with Crippen molar-refractivity contribution in [2.45, 2.75) is 19.9 Å². The first kappa shape index (κ1) is 9.57. The van der Waals surface area contributed by atoms with Gasteiger partial charge in [0.1, 0.15) is 12.0 Å². The molecule has 0 saturated heterocycles. The number of rotatable bonds is 4. The summed E-state index contributed by atoms with van der Waals surface area (Å²) in [4.78, 5) is 15.7. The van der Waals surface area contributed by atoms with E-state index in [-0.39, 0.29) is 11.6 Å². The molecule has 6 nitrogen and oxygen atoms in total. The SMILES string of the molecule is CCCn1nccc1C(=O)c1ncn[nH]1. The number of hydrogen-bond donors (Lipinski definition) is 1. The Bertz CT molecular complexity index is 445. The maximum absolute atomic E-state index is 11.9. The van der Waals surface area contributed by atoms with E-state index in [0.717, 1.165) is 13.0 Å². The monoisotopic (exact) mass is 205 g/mol. The minimum Gasteiger partial charge on any atom is -0.283 e. The summed E-state index contributed by atoms with van der Waals surface area (Å²) in [6.45, 7) is 2.76. The summed E-state index contributed by atoms with van der Waals surface area (Å²) >= 11 is 0. The van der Waals surface area contributed by atoms with Crippen LogP contribution in [0.2, 0.25) is 0 Å². The van der Waals surface area contributed by atoms with Crippen LogP contribution < -0.4 is 0 Å². The van der Waals surface area contributed by atoms with Gasteiger partial charge in [-0.15, -0.1) is 0 Å². The molecule has 0 bridgehead atoms. The molecule has 6 heteroatoms. The third-order valence-corrected chi connectivity index (χ3v) is 2.01. The molecule has 2 aromatic heterocycles. The average molecular weight is 205 g/mol. The van der Waals surface area contributed by atoms with E-state index in [1.807, 2.05) is 6.92 Å². The van der Waals surface area contributed by atoms with Gasteiger partial charge >= 0.3 is 0 Å². The lowest BCUT2D eigenvalue weighted by Crippen LogP contribution is -2.12. The van der Waals surface area contributed by atoms with Crippen molar-refractivity contribution in [2.24, 2.45) is 0 Å². The van der Waals surface area contributed by atoms with Crippen molar-refractivity contribution in [3.05, 3.63) is 30.1 Å². The third-order valence-electron chi connectivity index (χ3n) is 2.01. The van der Waals surface area contributed by atoms with Gasteiger partial charge in [0.25, 0.3) is 0 Å². The average Bonchev–Trinajstić information content (AvgIpc) is 2.87. The second-order valence-electron chi connectivity index (χ2n) is 3.10. The fourth-order valence-corrected chi connectivity index (χ4v) is 1.35. The molecule has 2 aromatic rings. The zero-order valence-electron chi connectivity index (χ0n) is 8.34. The molecule has 15 heavy (non-hydrogen) atoms. The molecular formula is C9H11N5O. The number of ketones is 1. The highest BCUT2D eigenvalue weighted by molar-refractivity contribution is 6.05. The lowest BCUT2D eigenvalue weighted by atomic mass is 10.2. The molecule has 0 atom stereocenters. The largest absolute Gasteiger partial charge is 0.283 e. The van der Waals surface area contributed by atoms with E-state index in [4.69, 9.17) is 0 Å². The zero-order chi connectivity index (χ0) is 10.7. The minimum atomic E-state index is -0.182. The van der Waals surface area contributed by atoms with Gasteiger partial charge in [-0.1, -0.05) is 6.92 Å². The smallest absolute Gasteiger partial charge is 0.247 e. The number of aryl methyl sites for hydroxylation is 1. The summed E-state index contributed by atoms with van der Waals surface area (Å²) in [5, 5.41) is 10.3. The normalized spacial score (nSPS) is 10.5. The summed E-state index contributed by atoms with van der Waals surface area (Å²) in [6, 6.07) is 1.68. The van der Waals surface area contributed by atoms with E-state index in [2.05, 4.69) is 20.3 Å². The van der Waals surface area contributed by atoms with Crippen LogP contribution in [0.15, 0.2) is 18.6 Å². The maximum Gasteiger partial charge on any atom is 0.247 e. The summed E-state index contributed by atoms with van der Waals surface area (Å²) in [6.07, 6.45) is 3.85. The second-order valence-corrected chi connectivity index (χ2v) is 3.10. The van der Waals surface area contributed by atoms with Crippen LogP contribution in [0.25, 0.3) is 0 Å². The van der Waals surface area contributed by atoms with Gasteiger partial charge < -0.3 is 0 Å². The predicted octanol–water partition coefficient (Wildman–Crippen LogP) is 0.642. The van der Waals surface area contributed by atoms with Crippen LogP contribution in [-0.4, -0.2) is 30.7 Å². The number of carbonyl (C=O) groups excluding carboxylic acids is 1. The Morgan fingerprint density at radius 1 is 1.60 bits per heavy atom. The number of H-pyrrole nitrogens is 1. The molecule has 0 aliphatic heterocycles. The fraction of sp³-hybridized carbons (Fsp3) is 0.333. The maximum atomic E-state index is 11.9. The predicted molar refractivity (Wildman–Crippen MR) is 52.3 cm³/mol. The van der Waals surface area contributed by atoms with E-state index in [9.17, 15) is 4.79 Å². The van der Waals surface area contributed by atoms with Gasteiger partial charge in [0.05, 0.1) is 0 Å². The lowest BCUT2D eigenvalue weighted by Gasteiger charge is -2.02. The summed E-state index contributed by atoms with van der Waals surface area (Å²) < 4.78 is 1.67. The minimum absolute atomic E-state index is 0.182. The van der Waals surface area contributed by atoms with Gasteiger partial charge in [0, 0.05) is 12.7 Å². The Balaban J connectivity index is 2.29. The Labute approximate surface area is 86.3 Å². The van der Waals surface area contributed by atoms with E-state index < -0.39 is 0 Å². The Kier molecular flexibility index (Phi) is 2.57. The van der Waals surface area contributed by atoms with Gasteiger partial charge in [0.15, 0.2) is 5.82 Å². The van der Waals surface area contributed by atoms with E-state index in [1.54, 1.807) is 16.9 Å². The van der Waals surface area contributed by atoms with Crippen molar-refractivity contribution in [3.8, 4) is 0 Å². The molecule has 0 spiro atoms. The standard InChI is InChI=1S/C9H11N5O/c1-2-5-14-7(3-4-12-14)8(15)9-10-6-11-13-9/h3-4,6H,2,5H2,1H3,(H,10,11,13).